The van der Waals surface area contributed by atoms with Crippen LogP contribution < -0.4 is 0 Å². The number of hydrogen-bond donors (Lipinski definition) is 0. The van der Waals surface area contributed by atoms with Crippen molar-refractivity contribution in [1.82, 2.24) is 0 Å². The highest BCUT2D eigenvalue weighted by Crippen LogP contribution is 2.24. The van der Waals surface area contributed by atoms with Crippen LogP contribution in [0.2, 0.25) is 0 Å². The lowest BCUT2D eigenvalue weighted by Gasteiger charge is -2.14. The Labute approximate surface area is 153 Å². The van der Waals surface area contributed by atoms with Crippen LogP contribution in [0.1, 0.15) is 122 Å². The lowest BCUT2D eigenvalue weighted by atomic mass is 9.91. The second-order valence-electron chi connectivity index (χ2n) is 7.64. The molecule has 139 valence electrons. The predicted molar refractivity (Wildman–Crippen MR) is 110 cm³/mol. The maximum atomic E-state index is 2.43. The Morgan fingerprint density at radius 1 is 0.750 bits per heavy atom. The van der Waals surface area contributed by atoms with Gasteiger partial charge in [-0.2, -0.15) is 0 Å². The predicted octanol–water partition coefficient (Wildman–Crippen LogP) is 8.73. The molecule has 0 nitrogen and oxygen atoms in total. The third kappa shape index (κ3) is 13.9. The standard InChI is InChI=1S/C24H43/c1-2-3-4-5-6-7-8-9-10-11-12-13-14-15-16-18-21-24-22-19-17-20-23-24/h9-10,19,22H,2-8,11-18,20-21,23H2,1H3/b10-9+. The highest BCUT2D eigenvalue weighted by molar-refractivity contribution is 5.12. The van der Waals surface area contributed by atoms with E-state index in [2.05, 4.69) is 31.2 Å². The lowest BCUT2D eigenvalue weighted by Crippen LogP contribution is -1.97. The summed E-state index contributed by atoms with van der Waals surface area (Å²) < 4.78 is 0. The summed E-state index contributed by atoms with van der Waals surface area (Å²) in [5.74, 6) is 1.71. The SMILES string of the molecule is CCCCCCCC/C=C/CCCCCCCC[C]1C=CCCC1. The van der Waals surface area contributed by atoms with Crippen LogP contribution in [0.25, 0.3) is 0 Å². The molecule has 0 amide bonds. The zero-order chi connectivity index (χ0) is 17.1. The number of rotatable bonds is 16. The van der Waals surface area contributed by atoms with E-state index in [0.29, 0.717) is 0 Å². The minimum atomic E-state index is 1.30. The molecule has 0 N–H and O–H groups in total. The van der Waals surface area contributed by atoms with Crippen LogP contribution in [0.5, 0.6) is 0 Å². The van der Waals surface area contributed by atoms with Gasteiger partial charge in [-0.15, -0.1) is 0 Å². The number of allylic oxidation sites excluding steroid dienone is 4. The smallest absolute Gasteiger partial charge is 0.00272 e. The molecule has 1 radical (unpaired) electrons. The molecule has 1 aliphatic rings. The van der Waals surface area contributed by atoms with Crippen molar-refractivity contribution in [2.75, 3.05) is 0 Å². The molecule has 0 heterocycles. The van der Waals surface area contributed by atoms with Crippen LogP contribution in [0.4, 0.5) is 0 Å². The van der Waals surface area contributed by atoms with E-state index in [-0.39, 0.29) is 0 Å². The normalized spacial score (nSPS) is 15.5. The zero-order valence-electron chi connectivity index (χ0n) is 16.5. The van der Waals surface area contributed by atoms with Gasteiger partial charge in [-0.05, 0) is 57.3 Å². The maximum absolute atomic E-state index is 2.43. The van der Waals surface area contributed by atoms with Crippen LogP contribution in [0.3, 0.4) is 0 Å². The van der Waals surface area contributed by atoms with Crippen molar-refractivity contribution >= 4 is 0 Å². The summed E-state index contributed by atoms with van der Waals surface area (Å²) in [5.41, 5.74) is 0. The molecular formula is C24H43. The third-order valence-electron chi connectivity index (χ3n) is 5.23. The van der Waals surface area contributed by atoms with Crippen LogP contribution in [0, 0.1) is 5.92 Å². The summed E-state index contributed by atoms with van der Waals surface area (Å²) in [6, 6.07) is 0. The van der Waals surface area contributed by atoms with Crippen LogP contribution >= 0.6 is 0 Å². The Hall–Kier alpha value is -0.520. The minimum Gasteiger partial charge on any atom is -0.0885 e. The van der Waals surface area contributed by atoms with Gasteiger partial charge in [0.2, 0.25) is 0 Å². The van der Waals surface area contributed by atoms with E-state index in [1.165, 1.54) is 116 Å². The fraction of sp³-hybridized carbons (Fsp3) is 0.792. The second-order valence-corrected chi connectivity index (χ2v) is 7.64. The van der Waals surface area contributed by atoms with Crippen molar-refractivity contribution in [3.63, 3.8) is 0 Å². The van der Waals surface area contributed by atoms with E-state index in [0.717, 1.165) is 0 Å². The molecular weight excluding hydrogens is 288 g/mol. The Morgan fingerprint density at radius 2 is 1.33 bits per heavy atom. The molecule has 0 heteroatoms. The van der Waals surface area contributed by atoms with E-state index in [4.69, 9.17) is 0 Å². The Kier molecular flexibility index (Phi) is 15.5. The van der Waals surface area contributed by atoms with Gasteiger partial charge >= 0.3 is 0 Å². The highest BCUT2D eigenvalue weighted by atomic mass is 14.1. The second kappa shape index (κ2) is 17.3. The van der Waals surface area contributed by atoms with E-state index < -0.39 is 0 Å². The Balaban J connectivity index is 1.73. The first-order chi connectivity index (χ1) is 11.9. The molecule has 0 saturated carbocycles. The quantitative estimate of drug-likeness (QED) is 0.196. The molecule has 0 unspecified atom stereocenters. The summed E-state index contributed by atoms with van der Waals surface area (Å²) >= 11 is 0. The molecule has 0 fully saturated rings. The van der Waals surface area contributed by atoms with Gasteiger partial charge in [0.25, 0.3) is 0 Å². The van der Waals surface area contributed by atoms with Crippen LogP contribution in [-0.4, -0.2) is 0 Å². The third-order valence-corrected chi connectivity index (χ3v) is 5.23. The van der Waals surface area contributed by atoms with Crippen molar-refractivity contribution in [2.45, 2.75) is 122 Å². The maximum Gasteiger partial charge on any atom is -0.00272 e. The van der Waals surface area contributed by atoms with Crippen molar-refractivity contribution in [3.05, 3.63) is 30.2 Å². The molecule has 0 aliphatic heterocycles. The summed E-state index contributed by atoms with van der Waals surface area (Å²) in [4.78, 5) is 0. The number of hydrogen-bond acceptors (Lipinski definition) is 0. The summed E-state index contributed by atoms with van der Waals surface area (Å²) in [7, 11) is 0. The highest BCUT2D eigenvalue weighted by Gasteiger charge is 2.07. The molecule has 0 aromatic carbocycles. The average molecular weight is 332 g/mol. The molecule has 1 aliphatic carbocycles. The van der Waals surface area contributed by atoms with Crippen LogP contribution in [-0.2, 0) is 0 Å². The lowest BCUT2D eigenvalue weighted by molar-refractivity contribution is 0.575. The monoisotopic (exact) mass is 331 g/mol. The topological polar surface area (TPSA) is 0 Å². The molecule has 24 heavy (non-hydrogen) atoms. The van der Waals surface area contributed by atoms with Gasteiger partial charge in [0, 0.05) is 0 Å². The summed E-state index contributed by atoms with van der Waals surface area (Å²) in [6.07, 6.45) is 34.7. The molecule has 0 aromatic rings. The molecule has 0 bridgehead atoms. The first kappa shape index (κ1) is 21.5. The van der Waals surface area contributed by atoms with Gasteiger partial charge in [0.05, 0.1) is 0 Å². The van der Waals surface area contributed by atoms with Gasteiger partial charge in [-0.3, -0.25) is 0 Å². The summed E-state index contributed by atoms with van der Waals surface area (Å²) in [6.45, 7) is 2.29. The van der Waals surface area contributed by atoms with E-state index in [9.17, 15) is 0 Å². The molecule has 0 atom stereocenters. The van der Waals surface area contributed by atoms with Crippen molar-refractivity contribution < 1.29 is 0 Å². The van der Waals surface area contributed by atoms with Crippen molar-refractivity contribution in [2.24, 2.45) is 0 Å². The fourth-order valence-electron chi connectivity index (χ4n) is 3.59. The molecule has 0 aromatic heterocycles. The van der Waals surface area contributed by atoms with Crippen molar-refractivity contribution in [1.29, 1.82) is 0 Å². The van der Waals surface area contributed by atoms with Crippen molar-refractivity contribution in [3.8, 4) is 0 Å². The Bertz CT molecular complexity index is 299. The van der Waals surface area contributed by atoms with Gasteiger partial charge in [0.1, 0.15) is 0 Å². The molecule has 0 saturated heterocycles. The first-order valence-electron chi connectivity index (χ1n) is 11.1. The van der Waals surface area contributed by atoms with Gasteiger partial charge in [-0.1, -0.05) is 95.4 Å². The fourth-order valence-corrected chi connectivity index (χ4v) is 3.59. The number of unbranched alkanes of at least 4 members (excludes halogenated alkanes) is 12. The Morgan fingerprint density at radius 3 is 1.92 bits per heavy atom. The van der Waals surface area contributed by atoms with Gasteiger partial charge in [-0.25, -0.2) is 0 Å². The molecule has 1 rings (SSSR count). The van der Waals surface area contributed by atoms with Gasteiger partial charge < -0.3 is 0 Å². The van der Waals surface area contributed by atoms with Crippen LogP contribution in [0.15, 0.2) is 24.3 Å². The van der Waals surface area contributed by atoms with E-state index >= 15 is 0 Å². The molecule has 0 spiro atoms. The first-order valence-corrected chi connectivity index (χ1v) is 11.1. The zero-order valence-corrected chi connectivity index (χ0v) is 16.5. The minimum absolute atomic E-state index is 1.30. The van der Waals surface area contributed by atoms with Gasteiger partial charge in [0.15, 0.2) is 0 Å². The largest absolute Gasteiger partial charge is 0.0885 e. The van der Waals surface area contributed by atoms with E-state index in [1.807, 2.05) is 0 Å². The summed E-state index contributed by atoms with van der Waals surface area (Å²) in [5, 5.41) is 0. The van der Waals surface area contributed by atoms with E-state index in [1.54, 1.807) is 5.92 Å². The average Bonchev–Trinajstić information content (AvgIpc) is 2.62.